The summed E-state index contributed by atoms with van der Waals surface area (Å²) in [5.41, 5.74) is 1.00. The van der Waals surface area contributed by atoms with Crippen molar-refractivity contribution in [3.63, 3.8) is 0 Å². The van der Waals surface area contributed by atoms with Crippen molar-refractivity contribution in [2.45, 2.75) is 11.3 Å². The lowest BCUT2D eigenvalue weighted by Crippen LogP contribution is -2.03. The molecule has 0 saturated carbocycles. The maximum Gasteiger partial charge on any atom is 0.261 e. The maximum atomic E-state index is 11.2. The number of hydrogen-bond donors (Lipinski definition) is 0. The van der Waals surface area contributed by atoms with Crippen molar-refractivity contribution in [1.82, 2.24) is 4.98 Å². The average molecular weight is 367 g/mol. The third-order valence-electron chi connectivity index (χ3n) is 2.61. The van der Waals surface area contributed by atoms with Crippen molar-refractivity contribution in [2.24, 2.45) is 0 Å². The smallest absolute Gasteiger partial charge is 0.261 e. The number of ether oxygens (including phenoxy) is 1. The maximum absolute atomic E-state index is 11.2. The summed E-state index contributed by atoms with van der Waals surface area (Å²) in [7, 11) is 1.36. The molecule has 0 amide bonds. The highest BCUT2D eigenvalue weighted by atomic mass is 35.7. The largest absolute Gasteiger partial charge is 0.490 e. The lowest BCUT2D eigenvalue weighted by atomic mass is 10.2. The van der Waals surface area contributed by atoms with Crippen molar-refractivity contribution in [3.8, 4) is 5.75 Å². The Morgan fingerprint density at radius 2 is 1.86 bits per heavy atom. The molecule has 1 heterocycles. The van der Waals surface area contributed by atoms with E-state index in [1.807, 2.05) is 12.1 Å². The number of aromatic nitrogens is 1. The van der Waals surface area contributed by atoms with Gasteiger partial charge in [-0.05, 0) is 23.8 Å². The van der Waals surface area contributed by atoms with Gasteiger partial charge in [-0.25, -0.2) is 8.42 Å². The first-order chi connectivity index (χ1) is 9.88. The van der Waals surface area contributed by atoms with Crippen LogP contribution in [0.2, 0.25) is 10.0 Å². The third-order valence-corrected chi connectivity index (χ3v) is 4.51. The van der Waals surface area contributed by atoms with Gasteiger partial charge in [0, 0.05) is 29.5 Å². The summed E-state index contributed by atoms with van der Waals surface area (Å²) in [6, 6.07) is 6.16. The van der Waals surface area contributed by atoms with E-state index >= 15 is 0 Å². The van der Waals surface area contributed by atoms with Crippen LogP contribution in [0.3, 0.4) is 0 Å². The van der Waals surface area contributed by atoms with Gasteiger partial charge in [-0.15, -0.1) is 0 Å². The van der Waals surface area contributed by atoms with Crippen LogP contribution in [0.4, 0.5) is 0 Å². The quantitative estimate of drug-likeness (QED) is 0.752. The Kier molecular flexibility index (Phi) is 5.32. The first kappa shape index (κ1) is 16.4. The predicted molar refractivity (Wildman–Crippen MR) is 82.9 cm³/mol. The molecule has 0 atom stereocenters. The van der Waals surface area contributed by atoms with E-state index in [4.69, 9.17) is 38.6 Å². The van der Waals surface area contributed by atoms with Crippen LogP contribution >= 0.6 is 33.9 Å². The molecule has 112 valence electrons. The topological polar surface area (TPSA) is 56.3 Å². The molecule has 4 nitrogen and oxygen atoms in total. The summed E-state index contributed by atoms with van der Waals surface area (Å²) >= 11 is 12.0. The zero-order chi connectivity index (χ0) is 15.5. The van der Waals surface area contributed by atoms with Gasteiger partial charge < -0.3 is 4.74 Å². The fraction of sp³-hybridized carbons (Fsp3) is 0.154. The lowest BCUT2D eigenvalue weighted by Gasteiger charge is -2.11. The van der Waals surface area contributed by atoms with E-state index in [2.05, 4.69) is 4.98 Å². The van der Waals surface area contributed by atoms with Crippen molar-refractivity contribution >= 4 is 42.9 Å². The second-order valence-electron chi connectivity index (χ2n) is 4.11. The summed E-state index contributed by atoms with van der Waals surface area (Å²) in [5, 5.41) is 0.181. The molecule has 0 unspecified atom stereocenters. The number of halogens is 3. The monoisotopic (exact) mass is 365 g/mol. The zero-order valence-electron chi connectivity index (χ0n) is 10.6. The molecule has 2 aromatic rings. The Bertz CT molecular complexity index is 713. The molecule has 0 bridgehead atoms. The molecule has 0 aliphatic carbocycles. The number of pyridine rings is 1. The molecular weight excluding hydrogens is 357 g/mol. The van der Waals surface area contributed by atoms with Crippen molar-refractivity contribution in [3.05, 3.63) is 52.3 Å². The van der Waals surface area contributed by atoms with Gasteiger partial charge in [-0.1, -0.05) is 29.3 Å². The zero-order valence-corrected chi connectivity index (χ0v) is 13.7. The van der Waals surface area contributed by atoms with E-state index in [9.17, 15) is 8.42 Å². The number of nitrogens with zero attached hydrogens (tertiary/aromatic N) is 1. The summed E-state index contributed by atoms with van der Waals surface area (Å²) in [4.78, 5) is 3.83. The molecule has 1 aromatic heterocycles. The summed E-state index contributed by atoms with van der Waals surface area (Å²) in [5.74, 6) is 0.228. The second kappa shape index (κ2) is 6.83. The minimum absolute atomic E-state index is 0.0907. The van der Waals surface area contributed by atoms with E-state index in [1.165, 1.54) is 12.1 Å². The first-order valence-electron chi connectivity index (χ1n) is 5.83. The first-order valence-corrected chi connectivity index (χ1v) is 8.90. The summed E-state index contributed by atoms with van der Waals surface area (Å²) in [6.45, 7) is 0.331. The molecule has 0 spiro atoms. The van der Waals surface area contributed by atoms with Crippen LogP contribution in [-0.4, -0.2) is 20.0 Å². The molecule has 0 saturated heterocycles. The number of rotatable bonds is 5. The molecule has 1 aromatic carbocycles. The molecule has 0 aliphatic heterocycles. The van der Waals surface area contributed by atoms with Gasteiger partial charge in [0.1, 0.15) is 0 Å². The van der Waals surface area contributed by atoms with E-state index in [0.717, 1.165) is 5.56 Å². The number of hydrogen-bond acceptors (Lipinski definition) is 4. The van der Waals surface area contributed by atoms with E-state index < -0.39 is 9.05 Å². The van der Waals surface area contributed by atoms with Gasteiger partial charge in [0.2, 0.25) is 0 Å². The van der Waals surface area contributed by atoms with Crippen molar-refractivity contribution in [2.75, 3.05) is 6.61 Å². The van der Waals surface area contributed by atoms with E-state index in [1.54, 1.807) is 12.4 Å². The van der Waals surface area contributed by atoms with Gasteiger partial charge >= 0.3 is 0 Å². The van der Waals surface area contributed by atoms with E-state index in [-0.39, 0.29) is 20.7 Å². The highest BCUT2D eigenvalue weighted by Crippen LogP contribution is 2.36. The molecule has 0 N–H and O–H groups in total. The van der Waals surface area contributed by atoms with Crippen LogP contribution in [0.15, 0.2) is 41.6 Å². The van der Waals surface area contributed by atoms with Gasteiger partial charge in [-0.3, -0.25) is 4.98 Å². The molecule has 0 radical (unpaired) electrons. The molecule has 2 rings (SSSR count). The van der Waals surface area contributed by atoms with E-state index in [0.29, 0.717) is 13.0 Å². The summed E-state index contributed by atoms with van der Waals surface area (Å²) < 4.78 is 28.0. The highest BCUT2D eigenvalue weighted by molar-refractivity contribution is 8.13. The Morgan fingerprint density at radius 1 is 1.19 bits per heavy atom. The minimum atomic E-state index is -3.89. The average Bonchev–Trinajstić information content (AvgIpc) is 2.42. The van der Waals surface area contributed by atoms with Gasteiger partial charge in [0.15, 0.2) is 5.75 Å². The lowest BCUT2D eigenvalue weighted by molar-refractivity contribution is 0.322. The van der Waals surface area contributed by atoms with Crippen LogP contribution in [0, 0.1) is 0 Å². The summed E-state index contributed by atoms with van der Waals surface area (Å²) in [6.07, 6.45) is 4.04. The Balaban J connectivity index is 2.11. The third kappa shape index (κ3) is 4.48. The van der Waals surface area contributed by atoms with Crippen molar-refractivity contribution < 1.29 is 13.2 Å². The van der Waals surface area contributed by atoms with Gasteiger partial charge in [-0.2, -0.15) is 0 Å². The van der Waals surface area contributed by atoms with Crippen LogP contribution in [0.1, 0.15) is 5.56 Å². The molecule has 8 heteroatoms. The molecule has 21 heavy (non-hydrogen) atoms. The SMILES string of the molecule is O=S(=O)(Cl)c1cc(Cl)c(OCCc2cccnc2)c(Cl)c1. The normalized spacial score (nSPS) is 11.4. The second-order valence-corrected chi connectivity index (χ2v) is 7.49. The fourth-order valence-corrected chi connectivity index (χ4v) is 3.14. The standard InChI is InChI=1S/C13H10Cl3NO3S/c14-11-6-10(21(16,18)19)7-12(15)13(11)20-5-3-9-2-1-4-17-8-9/h1-2,4,6-8H,3,5H2. The Hall–Kier alpha value is -1.01. The minimum Gasteiger partial charge on any atom is -0.490 e. The molecule has 0 aliphatic rings. The Labute approximate surface area is 137 Å². The van der Waals surface area contributed by atoms with Crippen LogP contribution in [0.5, 0.6) is 5.75 Å². The van der Waals surface area contributed by atoms with Crippen LogP contribution in [0.25, 0.3) is 0 Å². The highest BCUT2D eigenvalue weighted by Gasteiger charge is 2.16. The predicted octanol–water partition coefficient (Wildman–Crippen LogP) is 3.94. The molecule has 0 fully saturated rings. The molecular formula is C13H10Cl3NO3S. The van der Waals surface area contributed by atoms with Gasteiger partial charge in [0.25, 0.3) is 9.05 Å². The van der Waals surface area contributed by atoms with Crippen LogP contribution < -0.4 is 4.74 Å². The van der Waals surface area contributed by atoms with Crippen LogP contribution in [-0.2, 0) is 15.5 Å². The number of benzene rings is 1. The van der Waals surface area contributed by atoms with Crippen molar-refractivity contribution in [1.29, 1.82) is 0 Å². The van der Waals surface area contributed by atoms with Gasteiger partial charge in [0.05, 0.1) is 21.5 Å². The fourth-order valence-electron chi connectivity index (χ4n) is 1.63. The Morgan fingerprint density at radius 3 is 2.38 bits per heavy atom.